The molecule has 1 aromatic heterocycles. The van der Waals surface area contributed by atoms with E-state index in [1.165, 1.54) is 5.56 Å². The first kappa shape index (κ1) is 25.0. The number of fused-ring (bicyclic) bond motifs is 1. The van der Waals surface area contributed by atoms with Crippen LogP contribution in [0.1, 0.15) is 35.7 Å². The SMILES string of the molecule is COc1ccc(C)c2sc(N3CCN(C(=O)c4ccc(S(=O)(=O)N5CCC(C)CC5)cc4)CC3)nc12. The lowest BCUT2D eigenvalue weighted by Crippen LogP contribution is -2.48. The highest BCUT2D eigenvalue weighted by Gasteiger charge is 2.29. The number of rotatable bonds is 5. The highest BCUT2D eigenvalue weighted by Crippen LogP contribution is 2.36. The zero-order valence-corrected chi connectivity index (χ0v) is 22.6. The van der Waals surface area contributed by atoms with Gasteiger partial charge in [-0.1, -0.05) is 24.3 Å². The second kappa shape index (κ2) is 9.99. The van der Waals surface area contributed by atoms with E-state index < -0.39 is 10.0 Å². The van der Waals surface area contributed by atoms with E-state index in [-0.39, 0.29) is 10.8 Å². The number of aromatic nitrogens is 1. The third kappa shape index (κ3) is 4.69. The monoisotopic (exact) mass is 528 g/mol. The van der Waals surface area contributed by atoms with Gasteiger partial charge in [0.15, 0.2) is 5.13 Å². The fourth-order valence-electron chi connectivity index (χ4n) is 4.83. The van der Waals surface area contributed by atoms with Crippen LogP contribution < -0.4 is 9.64 Å². The van der Waals surface area contributed by atoms with Crippen LogP contribution in [0.4, 0.5) is 5.13 Å². The number of sulfonamides is 1. The normalized spacial score (nSPS) is 18.1. The summed E-state index contributed by atoms with van der Waals surface area (Å²) < 4.78 is 34.1. The number of thiazole rings is 1. The van der Waals surface area contributed by atoms with Crippen LogP contribution in [0.25, 0.3) is 10.2 Å². The van der Waals surface area contributed by atoms with Gasteiger partial charge in [-0.15, -0.1) is 0 Å². The Morgan fingerprint density at radius 1 is 1.00 bits per heavy atom. The number of aryl methyl sites for hydroxylation is 1. The molecule has 1 amide bonds. The van der Waals surface area contributed by atoms with Gasteiger partial charge in [0.2, 0.25) is 10.0 Å². The summed E-state index contributed by atoms with van der Waals surface area (Å²) >= 11 is 1.65. The van der Waals surface area contributed by atoms with Gasteiger partial charge >= 0.3 is 0 Å². The molecule has 2 aromatic carbocycles. The average Bonchev–Trinajstić information content (AvgIpc) is 3.36. The predicted octanol–water partition coefficient (Wildman–Crippen LogP) is 4.00. The highest BCUT2D eigenvalue weighted by molar-refractivity contribution is 7.89. The molecule has 0 radical (unpaired) electrons. The quantitative estimate of drug-likeness (QED) is 0.498. The Labute approximate surface area is 216 Å². The third-order valence-electron chi connectivity index (χ3n) is 7.23. The first-order valence-electron chi connectivity index (χ1n) is 12.4. The summed E-state index contributed by atoms with van der Waals surface area (Å²) in [6.07, 6.45) is 1.76. The molecule has 0 N–H and O–H groups in total. The van der Waals surface area contributed by atoms with Crippen LogP contribution in [0.5, 0.6) is 5.75 Å². The number of hydrogen-bond acceptors (Lipinski definition) is 7. The van der Waals surface area contributed by atoms with Crippen molar-refractivity contribution in [1.82, 2.24) is 14.2 Å². The van der Waals surface area contributed by atoms with Crippen LogP contribution in [0.15, 0.2) is 41.3 Å². The molecule has 10 heteroatoms. The summed E-state index contributed by atoms with van der Waals surface area (Å²) in [5.74, 6) is 1.25. The zero-order chi connectivity index (χ0) is 25.4. The molecule has 3 heterocycles. The molecular formula is C26H32N4O4S2. The first-order valence-corrected chi connectivity index (χ1v) is 14.6. The van der Waals surface area contributed by atoms with Gasteiger partial charge in [0.1, 0.15) is 11.3 Å². The molecule has 2 aliphatic heterocycles. The van der Waals surface area contributed by atoms with Gasteiger partial charge in [-0.05, 0) is 61.6 Å². The fraction of sp³-hybridized carbons (Fsp3) is 0.462. The maximum atomic E-state index is 13.1. The lowest BCUT2D eigenvalue weighted by molar-refractivity contribution is 0.0746. The molecule has 3 aromatic rings. The summed E-state index contributed by atoms with van der Waals surface area (Å²) in [6.45, 7) is 7.86. The van der Waals surface area contributed by atoms with Gasteiger partial charge in [0.05, 0.1) is 16.7 Å². The largest absolute Gasteiger partial charge is 0.494 e. The van der Waals surface area contributed by atoms with Gasteiger partial charge < -0.3 is 14.5 Å². The minimum atomic E-state index is -3.52. The van der Waals surface area contributed by atoms with E-state index >= 15 is 0 Å². The van der Waals surface area contributed by atoms with E-state index in [0.29, 0.717) is 50.7 Å². The summed E-state index contributed by atoms with van der Waals surface area (Å²) in [7, 11) is -1.87. The van der Waals surface area contributed by atoms with Gasteiger partial charge in [0, 0.05) is 44.8 Å². The Kier molecular flexibility index (Phi) is 6.93. The number of ether oxygens (including phenoxy) is 1. The number of amides is 1. The molecule has 0 aliphatic carbocycles. The van der Waals surface area contributed by atoms with E-state index in [0.717, 1.165) is 33.9 Å². The predicted molar refractivity (Wildman–Crippen MR) is 143 cm³/mol. The Morgan fingerprint density at radius 2 is 1.67 bits per heavy atom. The third-order valence-corrected chi connectivity index (χ3v) is 10.4. The van der Waals surface area contributed by atoms with Gasteiger partial charge in [0.25, 0.3) is 5.91 Å². The van der Waals surface area contributed by atoms with Crippen molar-refractivity contribution in [2.45, 2.75) is 31.6 Å². The first-order chi connectivity index (χ1) is 17.3. The van der Waals surface area contributed by atoms with E-state index in [9.17, 15) is 13.2 Å². The number of nitrogens with zero attached hydrogens (tertiary/aromatic N) is 4. The molecular weight excluding hydrogens is 496 g/mol. The smallest absolute Gasteiger partial charge is 0.253 e. The number of hydrogen-bond donors (Lipinski definition) is 0. The van der Waals surface area contributed by atoms with Crippen LogP contribution in [0, 0.1) is 12.8 Å². The molecule has 0 bridgehead atoms. The number of piperazine rings is 1. The van der Waals surface area contributed by atoms with E-state index in [1.807, 2.05) is 17.0 Å². The van der Waals surface area contributed by atoms with Gasteiger partial charge in [-0.3, -0.25) is 4.79 Å². The Balaban J connectivity index is 1.24. The molecule has 2 fully saturated rings. The maximum Gasteiger partial charge on any atom is 0.253 e. The maximum absolute atomic E-state index is 13.1. The van der Waals surface area contributed by atoms with Crippen LogP contribution in [0.3, 0.4) is 0 Å². The van der Waals surface area contributed by atoms with Crippen LogP contribution in [-0.2, 0) is 10.0 Å². The lowest BCUT2D eigenvalue weighted by atomic mass is 10.0. The van der Waals surface area contributed by atoms with Crippen molar-refractivity contribution < 1.29 is 17.9 Å². The Hall–Kier alpha value is -2.69. The average molecular weight is 529 g/mol. The Morgan fingerprint density at radius 3 is 2.31 bits per heavy atom. The van der Waals surface area contributed by atoms with Crippen LogP contribution in [0.2, 0.25) is 0 Å². The fourth-order valence-corrected chi connectivity index (χ4v) is 7.40. The van der Waals surface area contributed by atoms with E-state index in [4.69, 9.17) is 9.72 Å². The van der Waals surface area contributed by atoms with Crippen LogP contribution >= 0.6 is 11.3 Å². The molecule has 192 valence electrons. The molecule has 8 nitrogen and oxygen atoms in total. The molecule has 2 aliphatic rings. The van der Waals surface area contributed by atoms with Crippen molar-refractivity contribution in [2.24, 2.45) is 5.92 Å². The summed E-state index contributed by atoms with van der Waals surface area (Å²) in [4.78, 5) is 22.2. The molecule has 2 saturated heterocycles. The number of benzene rings is 2. The minimum absolute atomic E-state index is 0.0767. The number of methoxy groups -OCH3 is 1. The molecule has 5 rings (SSSR count). The van der Waals surface area contributed by atoms with Crippen molar-refractivity contribution >= 4 is 42.6 Å². The van der Waals surface area contributed by atoms with Crippen molar-refractivity contribution in [1.29, 1.82) is 0 Å². The minimum Gasteiger partial charge on any atom is -0.494 e. The van der Waals surface area contributed by atoms with Crippen LogP contribution in [-0.4, -0.2) is 74.9 Å². The van der Waals surface area contributed by atoms with Gasteiger partial charge in [-0.25, -0.2) is 13.4 Å². The van der Waals surface area contributed by atoms with Crippen molar-refractivity contribution in [2.75, 3.05) is 51.3 Å². The van der Waals surface area contributed by atoms with Crippen molar-refractivity contribution in [3.05, 3.63) is 47.5 Å². The summed E-state index contributed by atoms with van der Waals surface area (Å²) in [5.41, 5.74) is 2.56. The number of piperidine rings is 1. The summed E-state index contributed by atoms with van der Waals surface area (Å²) in [5, 5.41) is 0.936. The standard InChI is InChI=1S/C26H32N4O4S2/c1-18-10-12-30(13-11-18)36(32,33)21-7-5-20(6-8-21)25(31)28-14-16-29(17-15-28)26-27-23-22(34-3)9-4-19(2)24(23)35-26/h4-9,18H,10-17H2,1-3H3. The zero-order valence-electron chi connectivity index (χ0n) is 20.9. The highest BCUT2D eigenvalue weighted by atomic mass is 32.2. The Bertz CT molecular complexity index is 1350. The second-order valence-electron chi connectivity index (χ2n) is 9.65. The van der Waals surface area contributed by atoms with Crippen molar-refractivity contribution in [3.63, 3.8) is 0 Å². The van der Waals surface area contributed by atoms with Gasteiger partial charge in [-0.2, -0.15) is 4.31 Å². The van der Waals surface area contributed by atoms with E-state index in [2.05, 4.69) is 18.7 Å². The summed E-state index contributed by atoms with van der Waals surface area (Å²) in [6, 6.07) is 10.4. The lowest BCUT2D eigenvalue weighted by Gasteiger charge is -2.34. The van der Waals surface area contributed by atoms with E-state index in [1.54, 1.807) is 47.0 Å². The molecule has 0 spiro atoms. The molecule has 36 heavy (non-hydrogen) atoms. The molecule has 0 atom stereocenters. The molecule has 0 saturated carbocycles. The number of carbonyl (C=O) groups is 1. The second-order valence-corrected chi connectivity index (χ2v) is 12.6. The number of anilines is 1. The molecule has 0 unspecified atom stereocenters. The topological polar surface area (TPSA) is 83.0 Å². The number of carbonyl (C=O) groups excluding carboxylic acids is 1. The van der Waals surface area contributed by atoms with Crippen molar-refractivity contribution in [3.8, 4) is 5.75 Å².